The van der Waals surface area contributed by atoms with Crippen LogP contribution in [0, 0.1) is 29.8 Å². The Morgan fingerprint density at radius 3 is 2.59 bits per heavy atom. The molecule has 0 unspecified atom stereocenters. The highest BCUT2D eigenvalue weighted by atomic mass is 19.1. The molecular formula is C25H22FN5O3. The molecule has 0 saturated heterocycles. The van der Waals surface area contributed by atoms with Crippen molar-refractivity contribution in [3.8, 4) is 11.4 Å². The van der Waals surface area contributed by atoms with Gasteiger partial charge in [0, 0.05) is 34.3 Å². The lowest BCUT2D eigenvalue weighted by atomic mass is 10.2. The van der Waals surface area contributed by atoms with Crippen LogP contribution in [0.3, 0.4) is 0 Å². The fraction of sp³-hybridized carbons (Fsp3) is 0.120. The Labute approximate surface area is 195 Å². The van der Waals surface area contributed by atoms with Crippen molar-refractivity contribution in [2.24, 2.45) is 5.10 Å². The molecule has 0 aliphatic rings. The van der Waals surface area contributed by atoms with Crippen LogP contribution in [0.4, 0.5) is 15.9 Å². The summed E-state index contributed by atoms with van der Waals surface area (Å²) in [7, 11) is 0. The minimum atomic E-state index is -0.503. The SMILES string of the molecule is Cc1cc(/C=N/Nc2ccc([N+](=O)[O-])cn2)c(C)n1-c1ccc(OCc2ccccc2F)cc1. The van der Waals surface area contributed by atoms with Crippen molar-refractivity contribution in [1.82, 2.24) is 9.55 Å². The Balaban J connectivity index is 1.43. The van der Waals surface area contributed by atoms with Gasteiger partial charge in [0.2, 0.25) is 0 Å². The summed E-state index contributed by atoms with van der Waals surface area (Å²) in [5, 5.41) is 14.9. The van der Waals surface area contributed by atoms with E-state index in [9.17, 15) is 14.5 Å². The first-order valence-electron chi connectivity index (χ1n) is 10.5. The Morgan fingerprint density at radius 1 is 1.15 bits per heavy atom. The zero-order valence-corrected chi connectivity index (χ0v) is 18.6. The number of aromatic nitrogens is 2. The summed E-state index contributed by atoms with van der Waals surface area (Å²) in [5.41, 5.74) is 7.07. The van der Waals surface area contributed by atoms with Crippen molar-refractivity contribution < 1.29 is 14.1 Å². The van der Waals surface area contributed by atoms with Crippen LogP contribution in [-0.4, -0.2) is 20.7 Å². The molecule has 0 bridgehead atoms. The first-order chi connectivity index (χ1) is 16.4. The predicted octanol–water partition coefficient (Wildman–Crippen LogP) is 5.56. The number of hydrogen-bond donors (Lipinski definition) is 1. The van der Waals surface area contributed by atoms with Crippen LogP contribution in [0.5, 0.6) is 5.75 Å². The van der Waals surface area contributed by atoms with E-state index in [1.54, 1.807) is 24.4 Å². The molecule has 4 aromatic rings. The number of hydrazone groups is 1. The van der Waals surface area contributed by atoms with Gasteiger partial charge >= 0.3 is 0 Å². The molecule has 0 aliphatic carbocycles. The molecule has 1 N–H and O–H groups in total. The molecule has 34 heavy (non-hydrogen) atoms. The molecule has 0 atom stereocenters. The van der Waals surface area contributed by atoms with E-state index < -0.39 is 4.92 Å². The summed E-state index contributed by atoms with van der Waals surface area (Å²) in [6.07, 6.45) is 2.85. The van der Waals surface area contributed by atoms with Crippen molar-refractivity contribution in [3.05, 3.63) is 111 Å². The van der Waals surface area contributed by atoms with Gasteiger partial charge in [0.25, 0.3) is 5.69 Å². The third-order valence-corrected chi connectivity index (χ3v) is 5.26. The lowest BCUT2D eigenvalue weighted by molar-refractivity contribution is -0.385. The van der Waals surface area contributed by atoms with Crippen molar-refractivity contribution in [2.75, 3.05) is 5.43 Å². The summed E-state index contributed by atoms with van der Waals surface area (Å²) < 4.78 is 21.6. The minimum absolute atomic E-state index is 0.0817. The summed E-state index contributed by atoms with van der Waals surface area (Å²) >= 11 is 0. The van der Waals surface area contributed by atoms with Gasteiger partial charge in [-0.05, 0) is 56.3 Å². The highest BCUT2D eigenvalue weighted by molar-refractivity contribution is 5.82. The van der Waals surface area contributed by atoms with Crippen LogP contribution in [0.2, 0.25) is 0 Å². The molecule has 0 spiro atoms. The van der Waals surface area contributed by atoms with Crippen molar-refractivity contribution in [3.63, 3.8) is 0 Å². The Morgan fingerprint density at radius 2 is 1.91 bits per heavy atom. The molecule has 0 saturated carbocycles. The Bertz CT molecular complexity index is 1330. The normalized spacial score (nSPS) is 11.0. The molecule has 0 radical (unpaired) electrons. The number of ether oxygens (including phenoxy) is 1. The molecule has 0 aliphatic heterocycles. The van der Waals surface area contributed by atoms with E-state index in [0.29, 0.717) is 17.1 Å². The number of aryl methyl sites for hydroxylation is 1. The Hall–Kier alpha value is -4.53. The average Bonchev–Trinajstić information content (AvgIpc) is 3.12. The number of benzene rings is 2. The Kier molecular flexibility index (Phi) is 6.63. The van der Waals surface area contributed by atoms with E-state index in [2.05, 4.69) is 20.1 Å². The second-order valence-corrected chi connectivity index (χ2v) is 7.56. The van der Waals surface area contributed by atoms with E-state index in [4.69, 9.17) is 4.74 Å². The van der Waals surface area contributed by atoms with Gasteiger partial charge in [-0.3, -0.25) is 15.5 Å². The molecule has 172 valence electrons. The molecule has 2 heterocycles. The molecule has 0 fully saturated rings. The van der Waals surface area contributed by atoms with E-state index in [1.807, 2.05) is 44.2 Å². The van der Waals surface area contributed by atoms with Crippen LogP contribution < -0.4 is 10.2 Å². The summed E-state index contributed by atoms with van der Waals surface area (Å²) in [6.45, 7) is 4.14. The zero-order chi connectivity index (χ0) is 24.1. The molecular weight excluding hydrogens is 437 g/mol. The maximum Gasteiger partial charge on any atom is 0.287 e. The topological polar surface area (TPSA) is 94.6 Å². The van der Waals surface area contributed by atoms with Gasteiger partial charge in [0.05, 0.1) is 11.1 Å². The van der Waals surface area contributed by atoms with Crippen molar-refractivity contribution in [2.45, 2.75) is 20.5 Å². The second kappa shape index (κ2) is 9.95. The molecule has 8 nitrogen and oxygen atoms in total. The predicted molar refractivity (Wildman–Crippen MR) is 128 cm³/mol. The fourth-order valence-corrected chi connectivity index (χ4v) is 3.51. The van der Waals surface area contributed by atoms with Gasteiger partial charge in [-0.2, -0.15) is 5.10 Å². The number of pyridine rings is 1. The van der Waals surface area contributed by atoms with Crippen LogP contribution in [-0.2, 0) is 6.61 Å². The second-order valence-electron chi connectivity index (χ2n) is 7.56. The van der Waals surface area contributed by atoms with Gasteiger partial charge in [-0.25, -0.2) is 9.37 Å². The molecule has 0 amide bonds. The van der Waals surface area contributed by atoms with Crippen molar-refractivity contribution >= 4 is 17.7 Å². The van der Waals surface area contributed by atoms with Gasteiger partial charge in [-0.1, -0.05) is 18.2 Å². The average molecular weight is 459 g/mol. The number of nitrogens with one attached hydrogen (secondary N) is 1. The highest BCUT2D eigenvalue weighted by Crippen LogP contribution is 2.23. The van der Waals surface area contributed by atoms with Crippen LogP contribution in [0.1, 0.15) is 22.5 Å². The molecule has 9 heteroatoms. The van der Waals surface area contributed by atoms with E-state index in [-0.39, 0.29) is 18.1 Å². The number of nitrogens with zero attached hydrogens (tertiary/aromatic N) is 4. The van der Waals surface area contributed by atoms with Crippen LogP contribution in [0.15, 0.2) is 78.0 Å². The third-order valence-electron chi connectivity index (χ3n) is 5.26. The number of rotatable bonds is 8. The van der Waals surface area contributed by atoms with Gasteiger partial charge in [0.1, 0.15) is 30.2 Å². The number of halogens is 1. The van der Waals surface area contributed by atoms with E-state index in [1.165, 1.54) is 24.4 Å². The summed E-state index contributed by atoms with van der Waals surface area (Å²) in [4.78, 5) is 14.2. The number of nitro groups is 1. The summed E-state index contributed by atoms with van der Waals surface area (Å²) in [6, 6.07) is 19.0. The highest BCUT2D eigenvalue weighted by Gasteiger charge is 2.10. The smallest absolute Gasteiger partial charge is 0.287 e. The van der Waals surface area contributed by atoms with Gasteiger partial charge < -0.3 is 9.30 Å². The molecule has 2 aromatic heterocycles. The van der Waals surface area contributed by atoms with E-state index >= 15 is 0 Å². The number of anilines is 1. The lowest BCUT2D eigenvalue weighted by Crippen LogP contribution is -2.01. The standard InChI is InChI=1S/C25H22FN5O3/c1-17-13-20(14-28-29-25-12-9-22(15-27-25)31(32)33)18(2)30(17)21-7-10-23(11-8-21)34-16-19-5-3-4-6-24(19)26/h3-15H,16H2,1-2H3,(H,27,29)/b28-14+. The molecule has 2 aromatic carbocycles. The third kappa shape index (κ3) is 5.09. The lowest BCUT2D eigenvalue weighted by Gasteiger charge is -2.12. The molecule has 4 rings (SSSR count). The largest absolute Gasteiger partial charge is 0.489 e. The minimum Gasteiger partial charge on any atom is -0.489 e. The fourth-order valence-electron chi connectivity index (χ4n) is 3.51. The van der Waals surface area contributed by atoms with Crippen LogP contribution in [0.25, 0.3) is 5.69 Å². The van der Waals surface area contributed by atoms with Gasteiger partial charge in [0.15, 0.2) is 0 Å². The van der Waals surface area contributed by atoms with Crippen molar-refractivity contribution in [1.29, 1.82) is 0 Å². The maximum absolute atomic E-state index is 13.8. The first kappa shape index (κ1) is 22.7. The maximum atomic E-state index is 13.8. The number of hydrogen-bond acceptors (Lipinski definition) is 6. The quantitative estimate of drug-likeness (QED) is 0.211. The first-order valence-corrected chi connectivity index (χ1v) is 10.5. The van der Waals surface area contributed by atoms with Gasteiger partial charge in [-0.15, -0.1) is 0 Å². The zero-order valence-electron chi connectivity index (χ0n) is 18.6. The van der Waals surface area contributed by atoms with Crippen LogP contribution >= 0.6 is 0 Å². The van der Waals surface area contributed by atoms with E-state index in [0.717, 1.165) is 22.6 Å². The monoisotopic (exact) mass is 459 g/mol. The summed E-state index contributed by atoms with van der Waals surface area (Å²) in [5.74, 6) is 0.767.